The van der Waals surface area contributed by atoms with Crippen molar-refractivity contribution in [2.24, 2.45) is 0 Å². The minimum absolute atomic E-state index is 0.0464. The molecule has 1 atom stereocenters. The van der Waals surface area contributed by atoms with Gasteiger partial charge in [0, 0.05) is 11.0 Å². The molecule has 1 N–H and O–H groups in total. The van der Waals surface area contributed by atoms with Crippen LogP contribution in [-0.2, 0) is 10.2 Å². The highest BCUT2D eigenvalue weighted by Crippen LogP contribution is 2.37. The van der Waals surface area contributed by atoms with Crippen molar-refractivity contribution in [1.29, 1.82) is 5.26 Å². The van der Waals surface area contributed by atoms with Gasteiger partial charge in [0.25, 0.3) is 5.91 Å². The van der Waals surface area contributed by atoms with Crippen molar-refractivity contribution in [3.63, 3.8) is 0 Å². The largest absolute Gasteiger partial charge is 0.369 e. The molecule has 1 aromatic rings. The summed E-state index contributed by atoms with van der Waals surface area (Å²) < 4.78 is 5.21. The van der Waals surface area contributed by atoms with Crippen molar-refractivity contribution < 1.29 is 14.4 Å². The zero-order valence-corrected chi connectivity index (χ0v) is 12.6. The van der Waals surface area contributed by atoms with Crippen molar-refractivity contribution in [2.75, 3.05) is 4.90 Å². The lowest BCUT2D eigenvalue weighted by Gasteiger charge is -2.19. The van der Waals surface area contributed by atoms with Gasteiger partial charge < -0.3 is 9.63 Å². The van der Waals surface area contributed by atoms with Crippen LogP contribution in [0.2, 0.25) is 0 Å². The molecule has 0 spiro atoms. The van der Waals surface area contributed by atoms with E-state index < -0.39 is 17.6 Å². The van der Waals surface area contributed by atoms with E-state index in [4.69, 9.17) is 16.1 Å². The molecule has 0 aliphatic carbocycles. The van der Waals surface area contributed by atoms with Crippen LogP contribution in [-0.4, -0.2) is 22.4 Å². The standard InChI is InChI=1S/C14H14ClN3O3/c1-5-14(3,4)10-8(6-16)11(17-21-10)18-12(19)7(2)9(15)13(18)20/h5,12,19H,1H2,2-4H3. The average molecular weight is 308 g/mol. The average Bonchev–Trinajstić information content (AvgIpc) is 2.96. The smallest absolute Gasteiger partial charge is 0.273 e. The van der Waals surface area contributed by atoms with Crippen molar-refractivity contribution in [3.8, 4) is 6.07 Å². The third-order valence-corrected chi connectivity index (χ3v) is 3.95. The summed E-state index contributed by atoms with van der Waals surface area (Å²) in [5, 5.41) is 23.1. The van der Waals surface area contributed by atoms with Crippen molar-refractivity contribution in [1.82, 2.24) is 5.16 Å². The number of anilines is 1. The molecule has 0 saturated heterocycles. The Kier molecular flexibility index (Phi) is 3.66. The second-order valence-corrected chi connectivity index (χ2v) is 5.67. The summed E-state index contributed by atoms with van der Waals surface area (Å²) in [5.74, 6) is -0.389. The Morgan fingerprint density at radius 3 is 2.67 bits per heavy atom. The van der Waals surface area contributed by atoms with Gasteiger partial charge >= 0.3 is 0 Å². The van der Waals surface area contributed by atoms with E-state index in [9.17, 15) is 15.2 Å². The number of hydrogen-bond donors (Lipinski definition) is 1. The molecule has 2 heterocycles. The minimum Gasteiger partial charge on any atom is -0.369 e. The highest BCUT2D eigenvalue weighted by Gasteiger charge is 2.41. The van der Waals surface area contributed by atoms with Crippen LogP contribution in [0.5, 0.6) is 0 Å². The Labute approximate surface area is 126 Å². The van der Waals surface area contributed by atoms with E-state index in [1.165, 1.54) is 6.92 Å². The summed E-state index contributed by atoms with van der Waals surface area (Å²) in [6.07, 6.45) is 0.346. The molecule has 1 aliphatic heterocycles. The molecular formula is C14H14ClN3O3. The minimum atomic E-state index is -1.26. The molecule has 110 valence electrons. The van der Waals surface area contributed by atoms with Crippen molar-refractivity contribution >= 4 is 23.3 Å². The predicted molar refractivity (Wildman–Crippen MR) is 76.5 cm³/mol. The number of allylic oxidation sites excluding steroid dienone is 1. The molecule has 0 saturated carbocycles. The lowest BCUT2D eigenvalue weighted by molar-refractivity contribution is -0.115. The van der Waals surface area contributed by atoms with Gasteiger partial charge in [-0.2, -0.15) is 5.26 Å². The second-order valence-electron chi connectivity index (χ2n) is 5.29. The fourth-order valence-electron chi connectivity index (χ4n) is 1.98. The van der Waals surface area contributed by atoms with E-state index in [1.807, 2.05) is 6.07 Å². The first-order chi connectivity index (χ1) is 9.76. The summed E-state index contributed by atoms with van der Waals surface area (Å²) in [6, 6.07) is 1.96. The summed E-state index contributed by atoms with van der Waals surface area (Å²) >= 11 is 5.84. The SMILES string of the molecule is C=CC(C)(C)c1onc(N2C(=O)C(Cl)=C(C)C2O)c1C#N. The van der Waals surface area contributed by atoms with Gasteiger partial charge in [-0.3, -0.25) is 9.69 Å². The lowest BCUT2D eigenvalue weighted by atomic mass is 9.88. The van der Waals surface area contributed by atoms with Gasteiger partial charge in [0.05, 0.1) is 0 Å². The molecule has 1 aliphatic rings. The maximum atomic E-state index is 12.1. The third kappa shape index (κ3) is 2.15. The fourth-order valence-corrected chi connectivity index (χ4v) is 2.17. The first kappa shape index (κ1) is 15.3. The van der Waals surface area contributed by atoms with E-state index in [1.54, 1.807) is 19.9 Å². The maximum Gasteiger partial charge on any atom is 0.273 e. The molecule has 0 fully saturated rings. The zero-order valence-electron chi connectivity index (χ0n) is 11.8. The molecule has 1 amide bonds. The van der Waals surface area contributed by atoms with Gasteiger partial charge in [0.2, 0.25) is 0 Å². The Hall–Kier alpha value is -2.10. The Morgan fingerprint density at radius 1 is 1.62 bits per heavy atom. The fraction of sp³-hybridized carbons (Fsp3) is 0.357. The molecular weight excluding hydrogens is 294 g/mol. The van der Waals surface area contributed by atoms with E-state index in [0.717, 1.165) is 4.90 Å². The molecule has 21 heavy (non-hydrogen) atoms. The number of nitrogens with zero attached hydrogens (tertiary/aromatic N) is 3. The van der Waals surface area contributed by atoms with Crippen molar-refractivity contribution in [2.45, 2.75) is 32.4 Å². The predicted octanol–water partition coefficient (Wildman–Crippen LogP) is 2.19. The number of aliphatic hydroxyl groups excluding tert-OH is 1. The molecule has 0 bridgehead atoms. The van der Waals surface area contributed by atoms with Crippen molar-refractivity contribution in [3.05, 3.63) is 34.6 Å². The molecule has 7 heteroatoms. The number of aromatic nitrogens is 1. The molecule has 0 aromatic carbocycles. The second kappa shape index (κ2) is 5.02. The van der Waals surface area contributed by atoms with Crippen LogP contribution in [0.3, 0.4) is 0 Å². The van der Waals surface area contributed by atoms with E-state index in [2.05, 4.69) is 11.7 Å². The Bertz CT molecular complexity index is 697. The molecule has 0 radical (unpaired) electrons. The summed E-state index contributed by atoms with van der Waals surface area (Å²) in [5.41, 5.74) is -0.263. The normalized spacial score (nSPS) is 19.1. The lowest BCUT2D eigenvalue weighted by Crippen LogP contribution is -2.36. The van der Waals surface area contributed by atoms with E-state index in [-0.39, 0.29) is 22.2 Å². The summed E-state index contributed by atoms with van der Waals surface area (Å²) in [6.45, 7) is 8.81. The number of carbonyl (C=O) groups is 1. The van der Waals surface area contributed by atoms with Crippen LogP contribution in [0.15, 0.2) is 27.8 Å². The number of hydrogen-bond acceptors (Lipinski definition) is 5. The van der Waals surface area contributed by atoms with E-state index >= 15 is 0 Å². The first-order valence-corrected chi connectivity index (χ1v) is 6.55. The highest BCUT2D eigenvalue weighted by atomic mass is 35.5. The maximum absolute atomic E-state index is 12.1. The van der Waals surface area contributed by atoms with Crippen LogP contribution < -0.4 is 4.90 Å². The number of aliphatic hydroxyl groups is 1. The van der Waals surface area contributed by atoms with E-state index in [0.29, 0.717) is 5.57 Å². The van der Waals surface area contributed by atoms with Crippen LogP contribution in [0, 0.1) is 11.3 Å². The topological polar surface area (TPSA) is 90.4 Å². The number of carbonyl (C=O) groups excluding carboxylic acids is 1. The number of amides is 1. The summed E-state index contributed by atoms with van der Waals surface area (Å²) in [7, 11) is 0. The third-order valence-electron chi connectivity index (χ3n) is 3.49. The van der Waals surface area contributed by atoms with Gasteiger partial charge in [-0.1, -0.05) is 22.8 Å². The first-order valence-electron chi connectivity index (χ1n) is 6.18. The van der Waals surface area contributed by atoms with Gasteiger partial charge in [0.15, 0.2) is 17.8 Å². The van der Waals surface area contributed by atoms with Crippen LogP contribution in [0.1, 0.15) is 32.1 Å². The van der Waals surface area contributed by atoms with Crippen LogP contribution in [0.25, 0.3) is 0 Å². The van der Waals surface area contributed by atoms with Gasteiger partial charge in [-0.05, 0) is 20.8 Å². The summed E-state index contributed by atoms with van der Waals surface area (Å²) in [4.78, 5) is 13.0. The van der Waals surface area contributed by atoms with Crippen LogP contribution >= 0.6 is 11.6 Å². The molecule has 6 nitrogen and oxygen atoms in total. The number of nitriles is 1. The molecule has 2 rings (SSSR count). The highest BCUT2D eigenvalue weighted by molar-refractivity contribution is 6.45. The quantitative estimate of drug-likeness (QED) is 0.864. The molecule has 1 unspecified atom stereocenters. The Balaban J connectivity index is 2.57. The van der Waals surface area contributed by atoms with Crippen LogP contribution in [0.4, 0.5) is 5.82 Å². The Morgan fingerprint density at radius 2 is 2.24 bits per heavy atom. The van der Waals surface area contributed by atoms with Gasteiger partial charge in [0.1, 0.15) is 16.7 Å². The number of halogens is 1. The molecule has 1 aromatic heterocycles. The van der Waals surface area contributed by atoms with Gasteiger partial charge in [-0.25, -0.2) is 0 Å². The van der Waals surface area contributed by atoms with Gasteiger partial charge in [-0.15, -0.1) is 6.58 Å². The number of rotatable bonds is 3. The zero-order chi connectivity index (χ0) is 15.9. The monoisotopic (exact) mass is 307 g/mol.